The number of hydrogen-bond donors (Lipinski definition) is 1. The summed E-state index contributed by atoms with van der Waals surface area (Å²) in [5.74, 6) is -0.414. The van der Waals surface area contributed by atoms with Crippen LogP contribution >= 0.6 is 0 Å². The molecule has 1 saturated heterocycles. The van der Waals surface area contributed by atoms with Crippen LogP contribution in [0.25, 0.3) is 10.9 Å². The molecule has 1 N–H and O–H groups in total. The van der Waals surface area contributed by atoms with Crippen molar-refractivity contribution in [1.82, 2.24) is 19.7 Å². The summed E-state index contributed by atoms with van der Waals surface area (Å²) in [5.41, 5.74) is 1.26. The highest BCUT2D eigenvalue weighted by atomic mass is 19.1. The molecule has 6 nitrogen and oxygen atoms in total. The van der Waals surface area contributed by atoms with Crippen molar-refractivity contribution in [3.8, 4) is 0 Å². The largest absolute Gasteiger partial charge is 0.357 e. The van der Waals surface area contributed by atoms with Crippen LogP contribution in [0, 0.1) is 5.82 Å². The smallest absolute Gasteiger partial charge is 0.319 e. The van der Waals surface area contributed by atoms with Crippen molar-refractivity contribution < 1.29 is 9.18 Å². The summed E-state index contributed by atoms with van der Waals surface area (Å²) in [6, 6.07) is 5.73. The van der Waals surface area contributed by atoms with Crippen molar-refractivity contribution in [1.29, 1.82) is 0 Å². The maximum atomic E-state index is 13.3. The van der Waals surface area contributed by atoms with Crippen molar-refractivity contribution in [2.75, 3.05) is 40.3 Å². The SMILES string of the molecule is CN(C)C(=O)N1CCN(Cc2cc(=O)c3cc(F)ccc3[nH]2)CC1. The molecule has 0 atom stereocenters. The molecule has 0 aliphatic carbocycles. The Morgan fingerprint density at radius 1 is 1.21 bits per heavy atom. The molecule has 1 fully saturated rings. The average molecular weight is 332 g/mol. The summed E-state index contributed by atoms with van der Waals surface area (Å²) in [5, 5.41) is 0.361. The fourth-order valence-electron chi connectivity index (χ4n) is 2.98. The standard InChI is InChI=1S/C17H21FN4O2/c1-20(2)17(24)22-7-5-21(6-8-22)11-13-10-16(23)14-9-12(18)3-4-15(14)19-13/h3-4,9-10H,5-8,11H2,1-2H3,(H,19,23). The van der Waals surface area contributed by atoms with Crippen molar-refractivity contribution in [2.45, 2.75) is 6.54 Å². The summed E-state index contributed by atoms with van der Waals surface area (Å²) in [6.07, 6.45) is 0. The molecule has 128 valence electrons. The van der Waals surface area contributed by atoms with E-state index in [9.17, 15) is 14.0 Å². The minimum atomic E-state index is -0.414. The molecule has 2 aromatic rings. The number of carbonyl (C=O) groups is 1. The third kappa shape index (κ3) is 3.41. The number of hydrogen-bond acceptors (Lipinski definition) is 3. The lowest BCUT2D eigenvalue weighted by Crippen LogP contribution is -2.51. The van der Waals surface area contributed by atoms with E-state index in [1.165, 1.54) is 18.2 Å². The molecular weight excluding hydrogens is 311 g/mol. The maximum Gasteiger partial charge on any atom is 0.319 e. The van der Waals surface area contributed by atoms with Gasteiger partial charge in [0.05, 0.1) is 0 Å². The third-order valence-corrected chi connectivity index (χ3v) is 4.27. The van der Waals surface area contributed by atoms with Crippen LogP contribution in [0.15, 0.2) is 29.1 Å². The number of nitrogens with zero attached hydrogens (tertiary/aromatic N) is 3. The number of urea groups is 1. The molecule has 0 saturated carbocycles. The molecule has 0 bridgehead atoms. The predicted octanol–water partition coefficient (Wildman–Crippen LogP) is 1.47. The van der Waals surface area contributed by atoms with E-state index < -0.39 is 5.82 Å². The fourth-order valence-corrected chi connectivity index (χ4v) is 2.98. The fraction of sp³-hybridized carbons (Fsp3) is 0.412. The monoisotopic (exact) mass is 332 g/mol. The number of halogens is 1. The number of benzene rings is 1. The Morgan fingerprint density at radius 3 is 2.58 bits per heavy atom. The van der Waals surface area contributed by atoms with Gasteiger partial charge < -0.3 is 14.8 Å². The van der Waals surface area contributed by atoms with Gasteiger partial charge in [0.25, 0.3) is 0 Å². The minimum absolute atomic E-state index is 0.0239. The number of nitrogens with one attached hydrogen (secondary N) is 1. The van der Waals surface area contributed by atoms with E-state index in [2.05, 4.69) is 9.88 Å². The Bertz CT molecular complexity index is 810. The van der Waals surface area contributed by atoms with Crippen LogP contribution < -0.4 is 5.43 Å². The molecule has 0 radical (unpaired) electrons. The predicted molar refractivity (Wildman–Crippen MR) is 90.5 cm³/mol. The first-order valence-electron chi connectivity index (χ1n) is 7.94. The molecule has 1 aromatic heterocycles. The molecule has 0 unspecified atom stereocenters. The summed E-state index contributed by atoms with van der Waals surface area (Å²) in [7, 11) is 3.49. The lowest BCUT2D eigenvalue weighted by atomic mass is 10.2. The van der Waals surface area contributed by atoms with E-state index >= 15 is 0 Å². The first kappa shape index (κ1) is 16.4. The van der Waals surface area contributed by atoms with E-state index in [1.807, 2.05) is 4.90 Å². The number of aromatic nitrogens is 1. The molecular formula is C17H21FN4O2. The second-order valence-electron chi connectivity index (χ2n) is 6.29. The summed E-state index contributed by atoms with van der Waals surface area (Å²) in [4.78, 5) is 32.9. The summed E-state index contributed by atoms with van der Waals surface area (Å²) >= 11 is 0. The Morgan fingerprint density at radius 2 is 1.92 bits per heavy atom. The molecule has 1 aromatic carbocycles. The number of fused-ring (bicyclic) bond motifs is 1. The zero-order valence-corrected chi connectivity index (χ0v) is 13.9. The van der Waals surface area contributed by atoms with Gasteiger partial charge in [0.15, 0.2) is 5.43 Å². The van der Waals surface area contributed by atoms with Gasteiger partial charge in [-0.3, -0.25) is 9.69 Å². The first-order valence-corrected chi connectivity index (χ1v) is 7.94. The highest BCUT2D eigenvalue weighted by Gasteiger charge is 2.22. The third-order valence-electron chi connectivity index (χ3n) is 4.27. The molecule has 7 heteroatoms. The average Bonchev–Trinajstić information content (AvgIpc) is 2.55. The van der Waals surface area contributed by atoms with Crippen molar-refractivity contribution in [2.24, 2.45) is 0 Å². The molecule has 24 heavy (non-hydrogen) atoms. The van der Waals surface area contributed by atoms with Gasteiger partial charge in [-0.05, 0) is 18.2 Å². The van der Waals surface area contributed by atoms with Crippen LogP contribution in [0.2, 0.25) is 0 Å². The number of rotatable bonds is 2. The van der Waals surface area contributed by atoms with Gasteiger partial charge in [0.1, 0.15) is 5.82 Å². The number of amides is 2. The number of piperazine rings is 1. The Balaban J connectivity index is 1.69. The lowest BCUT2D eigenvalue weighted by Gasteiger charge is -2.35. The number of carbonyl (C=O) groups excluding carboxylic acids is 1. The van der Waals surface area contributed by atoms with Crippen LogP contribution in [0.3, 0.4) is 0 Å². The van der Waals surface area contributed by atoms with Gasteiger partial charge in [-0.1, -0.05) is 0 Å². The van der Waals surface area contributed by atoms with E-state index in [0.717, 1.165) is 18.8 Å². The van der Waals surface area contributed by atoms with E-state index in [0.29, 0.717) is 30.5 Å². The second kappa shape index (κ2) is 6.60. The topological polar surface area (TPSA) is 59.7 Å². The van der Waals surface area contributed by atoms with Gasteiger partial charge in [0.2, 0.25) is 0 Å². The Hall–Kier alpha value is -2.41. The maximum absolute atomic E-state index is 13.3. The quantitative estimate of drug-likeness (QED) is 0.906. The van der Waals surface area contributed by atoms with E-state index in [4.69, 9.17) is 0 Å². The normalized spacial score (nSPS) is 15.7. The van der Waals surface area contributed by atoms with Crippen molar-refractivity contribution in [3.05, 3.63) is 46.0 Å². The van der Waals surface area contributed by atoms with Gasteiger partial charge in [-0.2, -0.15) is 0 Å². The highest BCUT2D eigenvalue weighted by Crippen LogP contribution is 2.12. The molecule has 2 amide bonds. The Labute approximate surface area is 139 Å². The number of H-pyrrole nitrogens is 1. The highest BCUT2D eigenvalue weighted by molar-refractivity contribution is 5.78. The van der Waals surface area contributed by atoms with Crippen LogP contribution in [-0.4, -0.2) is 66.0 Å². The van der Waals surface area contributed by atoms with Crippen LogP contribution in [0.1, 0.15) is 5.69 Å². The molecule has 3 rings (SSSR count). The van der Waals surface area contributed by atoms with Crippen LogP contribution in [0.4, 0.5) is 9.18 Å². The molecule has 1 aliphatic heterocycles. The summed E-state index contributed by atoms with van der Waals surface area (Å²) in [6.45, 7) is 3.44. The van der Waals surface area contributed by atoms with Gasteiger partial charge >= 0.3 is 6.03 Å². The first-order chi connectivity index (χ1) is 11.4. The van der Waals surface area contributed by atoms with Gasteiger partial charge in [-0.15, -0.1) is 0 Å². The van der Waals surface area contributed by atoms with Crippen molar-refractivity contribution >= 4 is 16.9 Å². The van der Waals surface area contributed by atoms with Crippen LogP contribution in [0.5, 0.6) is 0 Å². The molecule has 1 aliphatic rings. The van der Waals surface area contributed by atoms with E-state index in [-0.39, 0.29) is 11.5 Å². The van der Waals surface area contributed by atoms with Gasteiger partial charge in [-0.25, -0.2) is 9.18 Å². The number of aromatic amines is 1. The molecule has 2 heterocycles. The van der Waals surface area contributed by atoms with Crippen LogP contribution in [-0.2, 0) is 6.54 Å². The zero-order chi connectivity index (χ0) is 17.3. The second-order valence-corrected chi connectivity index (χ2v) is 6.29. The van der Waals surface area contributed by atoms with E-state index in [1.54, 1.807) is 25.1 Å². The van der Waals surface area contributed by atoms with Gasteiger partial charge in [0, 0.05) is 69.5 Å². The lowest BCUT2D eigenvalue weighted by molar-refractivity contribution is 0.119. The minimum Gasteiger partial charge on any atom is -0.357 e. The van der Waals surface area contributed by atoms with Crippen molar-refractivity contribution in [3.63, 3.8) is 0 Å². The summed E-state index contributed by atoms with van der Waals surface area (Å²) < 4.78 is 13.3. The zero-order valence-electron chi connectivity index (χ0n) is 13.9. The number of pyridine rings is 1. The molecule has 0 spiro atoms. The Kier molecular flexibility index (Phi) is 4.53.